The summed E-state index contributed by atoms with van der Waals surface area (Å²) in [5.41, 5.74) is 3.34. The third-order valence-electron chi connectivity index (χ3n) is 3.41. The Bertz CT molecular complexity index is 620. The fourth-order valence-corrected chi connectivity index (χ4v) is 3.59. The lowest BCUT2D eigenvalue weighted by atomic mass is 9.92. The molecule has 21 heavy (non-hydrogen) atoms. The zero-order valence-corrected chi connectivity index (χ0v) is 15.1. The number of para-hydroxylation sites is 1. The summed E-state index contributed by atoms with van der Waals surface area (Å²) in [6.07, 6.45) is 0. The number of carbonyl (C=O) groups excluding carboxylic acids is 1. The minimum absolute atomic E-state index is 0.0410. The molecular formula is C17H20BrNOS. The van der Waals surface area contributed by atoms with Gasteiger partial charge in [0.05, 0.1) is 8.66 Å². The van der Waals surface area contributed by atoms with Crippen molar-refractivity contribution in [2.45, 2.75) is 39.5 Å². The number of benzene rings is 1. The molecule has 0 saturated carbocycles. The van der Waals surface area contributed by atoms with Gasteiger partial charge in [-0.3, -0.25) is 4.79 Å². The van der Waals surface area contributed by atoms with Gasteiger partial charge in [-0.05, 0) is 51.0 Å². The molecule has 0 spiro atoms. The second kappa shape index (κ2) is 6.75. The first-order valence-electron chi connectivity index (χ1n) is 7.09. The van der Waals surface area contributed by atoms with Crippen molar-refractivity contribution in [3.63, 3.8) is 0 Å². The van der Waals surface area contributed by atoms with E-state index in [1.807, 2.05) is 12.1 Å². The normalized spacial score (nSPS) is 11.2. The van der Waals surface area contributed by atoms with Crippen molar-refractivity contribution in [3.05, 3.63) is 50.1 Å². The highest BCUT2D eigenvalue weighted by Gasteiger charge is 2.17. The van der Waals surface area contributed by atoms with E-state index in [0.717, 1.165) is 14.4 Å². The lowest BCUT2D eigenvalue weighted by Gasteiger charge is -2.19. The van der Waals surface area contributed by atoms with Crippen LogP contribution < -0.4 is 5.32 Å². The third kappa shape index (κ3) is 3.74. The van der Waals surface area contributed by atoms with Crippen LogP contribution in [0, 0.1) is 0 Å². The van der Waals surface area contributed by atoms with Gasteiger partial charge < -0.3 is 5.32 Å². The van der Waals surface area contributed by atoms with Gasteiger partial charge in [-0.25, -0.2) is 0 Å². The maximum Gasteiger partial charge on any atom is 0.265 e. The van der Waals surface area contributed by atoms with Gasteiger partial charge in [0.15, 0.2) is 0 Å². The highest BCUT2D eigenvalue weighted by molar-refractivity contribution is 9.11. The van der Waals surface area contributed by atoms with Gasteiger partial charge in [0, 0.05) is 5.69 Å². The first kappa shape index (κ1) is 16.2. The van der Waals surface area contributed by atoms with Gasteiger partial charge in [0.1, 0.15) is 0 Å². The summed E-state index contributed by atoms with van der Waals surface area (Å²) < 4.78 is 0.967. The fourth-order valence-electron chi connectivity index (χ4n) is 2.31. The second-order valence-electron chi connectivity index (χ2n) is 5.68. The van der Waals surface area contributed by atoms with E-state index >= 15 is 0 Å². The summed E-state index contributed by atoms with van der Waals surface area (Å²) in [5, 5.41) is 3.12. The number of carbonyl (C=O) groups is 1. The molecule has 2 rings (SSSR count). The van der Waals surface area contributed by atoms with E-state index in [9.17, 15) is 4.79 Å². The van der Waals surface area contributed by atoms with Gasteiger partial charge in [0.25, 0.3) is 5.91 Å². The average molecular weight is 366 g/mol. The molecule has 4 heteroatoms. The second-order valence-corrected chi connectivity index (χ2v) is 8.14. The Labute approximate surface area is 138 Å². The molecule has 1 N–H and O–H groups in total. The minimum Gasteiger partial charge on any atom is -0.321 e. The van der Waals surface area contributed by atoms with E-state index in [0.29, 0.717) is 11.8 Å². The Balaban J connectivity index is 2.39. The number of anilines is 1. The van der Waals surface area contributed by atoms with Crippen LogP contribution in [0.25, 0.3) is 0 Å². The number of thiophene rings is 1. The Morgan fingerprint density at radius 2 is 1.62 bits per heavy atom. The summed E-state index contributed by atoms with van der Waals surface area (Å²) in [7, 11) is 0. The number of hydrogen-bond acceptors (Lipinski definition) is 2. The molecule has 1 heterocycles. The number of rotatable bonds is 4. The first-order valence-corrected chi connectivity index (χ1v) is 8.70. The summed E-state index contributed by atoms with van der Waals surface area (Å²) in [4.78, 5) is 13.2. The van der Waals surface area contributed by atoms with Crippen LogP contribution in [0.5, 0.6) is 0 Å². The maximum atomic E-state index is 12.5. The van der Waals surface area contributed by atoms with Crippen LogP contribution in [0.1, 0.15) is 60.3 Å². The van der Waals surface area contributed by atoms with Crippen molar-refractivity contribution in [1.29, 1.82) is 0 Å². The molecule has 1 aromatic heterocycles. The molecular weight excluding hydrogens is 346 g/mol. The summed E-state index contributed by atoms with van der Waals surface area (Å²) in [5.74, 6) is 0.698. The van der Waals surface area contributed by atoms with Crippen LogP contribution in [0.2, 0.25) is 0 Å². The van der Waals surface area contributed by atoms with Gasteiger partial charge in [-0.2, -0.15) is 0 Å². The summed E-state index contributed by atoms with van der Waals surface area (Å²) in [6, 6.07) is 10.0. The molecule has 0 aliphatic heterocycles. The van der Waals surface area contributed by atoms with Crippen LogP contribution in [0.4, 0.5) is 5.69 Å². The number of halogens is 1. The van der Waals surface area contributed by atoms with Crippen molar-refractivity contribution in [2.24, 2.45) is 0 Å². The van der Waals surface area contributed by atoms with Crippen molar-refractivity contribution >= 4 is 38.9 Å². The topological polar surface area (TPSA) is 29.1 Å². The molecule has 0 bridgehead atoms. The third-order valence-corrected chi connectivity index (χ3v) is 5.03. The Morgan fingerprint density at radius 1 is 1.05 bits per heavy atom. The van der Waals surface area contributed by atoms with Crippen LogP contribution >= 0.6 is 27.3 Å². The number of hydrogen-bond donors (Lipinski definition) is 1. The summed E-state index contributed by atoms with van der Waals surface area (Å²) in [6.45, 7) is 8.60. The molecule has 1 amide bonds. The first-order chi connectivity index (χ1) is 9.90. The highest BCUT2D eigenvalue weighted by atomic mass is 79.9. The molecule has 112 valence electrons. The van der Waals surface area contributed by atoms with Crippen LogP contribution in [0.15, 0.2) is 34.1 Å². The van der Waals surface area contributed by atoms with Gasteiger partial charge in [-0.15, -0.1) is 11.3 Å². The highest BCUT2D eigenvalue weighted by Crippen LogP contribution is 2.33. The molecule has 2 nitrogen and oxygen atoms in total. The monoisotopic (exact) mass is 365 g/mol. The lowest BCUT2D eigenvalue weighted by molar-refractivity contribution is 0.103. The molecule has 0 unspecified atom stereocenters. The SMILES string of the molecule is CC(C)c1cccc(C(C)C)c1NC(=O)c1ccc(Br)s1. The Kier molecular flexibility index (Phi) is 5.22. The quantitative estimate of drug-likeness (QED) is 0.705. The molecule has 1 aromatic carbocycles. The van der Waals surface area contributed by atoms with Crippen molar-refractivity contribution in [3.8, 4) is 0 Å². The van der Waals surface area contributed by atoms with Crippen molar-refractivity contribution in [2.75, 3.05) is 5.32 Å². The Morgan fingerprint density at radius 3 is 2.05 bits per heavy atom. The molecule has 0 atom stereocenters. The van der Waals surface area contributed by atoms with Crippen molar-refractivity contribution < 1.29 is 4.79 Å². The van der Waals surface area contributed by atoms with Crippen LogP contribution in [-0.4, -0.2) is 5.91 Å². The minimum atomic E-state index is -0.0410. The summed E-state index contributed by atoms with van der Waals surface area (Å²) >= 11 is 4.85. The van der Waals surface area contributed by atoms with Gasteiger partial charge in [-0.1, -0.05) is 45.9 Å². The van der Waals surface area contributed by atoms with Gasteiger partial charge in [0.2, 0.25) is 0 Å². The molecule has 0 aliphatic rings. The lowest BCUT2D eigenvalue weighted by Crippen LogP contribution is -2.14. The maximum absolute atomic E-state index is 12.5. The van der Waals surface area contributed by atoms with E-state index in [1.54, 1.807) is 0 Å². The zero-order chi connectivity index (χ0) is 15.6. The predicted molar refractivity (Wildman–Crippen MR) is 94.6 cm³/mol. The van der Waals surface area contributed by atoms with Crippen LogP contribution in [0.3, 0.4) is 0 Å². The average Bonchev–Trinajstić information content (AvgIpc) is 2.85. The van der Waals surface area contributed by atoms with Crippen LogP contribution in [-0.2, 0) is 0 Å². The largest absolute Gasteiger partial charge is 0.321 e. The molecule has 0 aliphatic carbocycles. The zero-order valence-electron chi connectivity index (χ0n) is 12.7. The number of amides is 1. The van der Waals surface area contributed by atoms with Crippen molar-refractivity contribution in [1.82, 2.24) is 0 Å². The molecule has 0 radical (unpaired) electrons. The van der Waals surface area contributed by atoms with Gasteiger partial charge >= 0.3 is 0 Å². The Hall–Kier alpha value is -1.13. The molecule has 2 aromatic rings. The van der Waals surface area contributed by atoms with E-state index in [2.05, 4.69) is 67.1 Å². The van der Waals surface area contributed by atoms with E-state index in [-0.39, 0.29) is 5.91 Å². The predicted octanol–water partition coefficient (Wildman–Crippen LogP) is 6.01. The standard InChI is InChI=1S/C17H20BrNOS/c1-10(2)12-6-5-7-13(11(3)4)16(12)19-17(20)14-8-9-15(18)21-14/h5-11H,1-4H3,(H,19,20). The molecule has 0 fully saturated rings. The smallest absolute Gasteiger partial charge is 0.265 e. The number of nitrogens with one attached hydrogen (secondary N) is 1. The van der Waals surface area contributed by atoms with E-state index in [4.69, 9.17) is 0 Å². The van der Waals surface area contributed by atoms with E-state index < -0.39 is 0 Å². The fraction of sp³-hybridized carbons (Fsp3) is 0.353. The molecule has 0 saturated heterocycles. The van der Waals surface area contributed by atoms with E-state index in [1.165, 1.54) is 22.5 Å².